The monoisotopic (exact) mass is 370 g/mol. The Morgan fingerprint density at radius 3 is 2.74 bits per heavy atom. The van der Waals surface area contributed by atoms with Crippen LogP contribution in [0.4, 0.5) is 4.39 Å². The van der Waals surface area contributed by atoms with Crippen molar-refractivity contribution in [1.82, 2.24) is 10.2 Å². The molecule has 1 atom stereocenters. The number of para-hydroxylation sites is 2. The van der Waals surface area contributed by atoms with Gasteiger partial charge in [0.05, 0.1) is 13.1 Å². The number of nitrogens with one attached hydrogen (secondary N) is 1. The van der Waals surface area contributed by atoms with Gasteiger partial charge in [-0.05, 0) is 18.2 Å². The molecule has 1 amide bonds. The van der Waals surface area contributed by atoms with Gasteiger partial charge in [0.25, 0.3) is 0 Å². The van der Waals surface area contributed by atoms with Crippen molar-refractivity contribution in [1.29, 1.82) is 0 Å². The molecule has 0 saturated carbocycles. The summed E-state index contributed by atoms with van der Waals surface area (Å²) in [6.45, 7) is 5.39. The number of rotatable bonds is 8. The van der Waals surface area contributed by atoms with Gasteiger partial charge >= 0.3 is 0 Å². The summed E-state index contributed by atoms with van der Waals surface area (Å²) < 4.78 is 25.3. The van der Waals surface area contributed by atoms with Gasteiger partial charge in [0.1, 0.15) is 18.5 Å². The number of carbonyl (C=O) groups is 1. The fourth-order valence-electron chi connectivity index (χ4n) is 2.89. The zero-order valence-corrected chi connectivity index (χ0v) is 15.1. The van der Waals surface area contributed by atoms with Crippen LogP contribution in [0.3, 0.4) is 0 Å². The number of nitrogens with zero attached hydrogens (tertiary/aromatic N) is 1. The van der Waals surface area contributed by atoms with Crippen LogP contribution in [0.2, 0.25) is 0 Å². The fourth-order valence-corrected chi connectivity index (χ4v) is 2.89. The smallest absolute Gasteiger partial charge is 0.234 e. The molecule has 1 aliphatic heterocycles. The number of hydrogen-bond donors (Lipinski definition) is 1. The van der Waals surface area contributed by atoms with E-state index in [9.17, 15) is 9.18 Å². The first kappa shape index (κ1) is 18.9. The number of fused-ring (bicyclic) bond motifs is 1. The molecule has 0 aromatic heterocycles. The Morgan fingerprint density at radius 1 is 1.22 bits per heavy atom. The van der Waals surface area contributed by atoms with Crippen LogP contribution < -0.4 is 14.8 Å². The highest BCUT2D eigenvalue weighted by Crippen LogP contribution is 2.30. The third kappa shape index (κ3) is 5.31. The molecular weight excluding hydrogens is 347 g/mol. The van der Waals surface area contributed by atoms with Gasteiger partial charge in [-0.3, -0.25) is 9.69 Å². The Hall–Kier alpha value is -2.86. The van der Waals surface area contributed by atoms with Crippen molar-refractivity contribution in [3.05, 3.63) is 72.6 Å². The lowest BCUT2D eigenvalue weighted by molar-refractivity contribution is -0.122. The highest BCUT2D eigenvalue weighted by Gasteiger charge is 2.21. The van der Waals surface area contributed by atoms with E-state index in [2.05, 4.69) is 11.9 Å². The lowest BCUT2D eigenvalue weighted by Gasteiger charge is -2.27. The van der Waals surface area contributed by atoms with Crippen molar-refractivity contribution in [3.63, 3.8) is 0 Å². The molecule has 0 spiro atoms. The number of ether oxygens (including phenoxy) is 2. The molecule has 6 heteroatoms. The van der Waals surface area contributed by atoms with Crippen molar-refractivity contribution in [2.24, 2.45) is 0 Å². The Balaban J connectivity index is 1.50. The number of amides is 1. The molecule has 2 aromatic rings. The molecule has 2 aromatic carbocycles. The molecule has 1 aliphatic rings. The van der Waals surface area contributed by atoms with E-state index >= 15 is 0 Å². The summed E-state index contributed by atoms with van der Waals surface area (Å²) in [4.78, 5) is 14.1. The van der Waals surface area contributed by atoms with Gasteiger partial charge in [-0.2, -0.15) is 0 Å². The average Bonchev–Trinajstić information content (AvgIpc) is 2.68. The minimum Gasteiger partial charge on any atom is -0.486 e. The first-order valence-corrected chi connectivity index (χ1v) is 8.87. The van der Waals surface area contributed by atoms with E-state index in [1.807, 2.05) is 29.2 Å². The first-order valence-electron chi connectivity index (χ1n) is 8.87. The van der Waals surface area contributed by atoms with Crippen molar-refractivity contribution in [2.75, 3.05) is 26.2 Å². The molecule has 1 unspecified atom stereocenters. The molecule has 0 aliphatic carbocycles. The summed E-state index contributed by atoms with van der Waals surface area (Å²) in [6.07, 6.45) is 1.45. The summed E-state index contributed by atoms with van der Waals surface area (Å²) in [5.74, 6) is 0.951. The maximum absolute atomic E-state index is 13.9. The van der Waals surface area contributed by atoms with Crippen LogP contribution >= 0.6 is 0 Å². The molecule has 1 heterocycles. The molecular formula is C21H23FN2O3. The molecule has 1 N–H and O–H groups in total. The fraction of sp³-hybridized carbons (Fsp3) is 0.286. The Kier molecular flexibility index (Phi) is 6.44. The van der Waals surface area contributed by atoms with Crippen molar-refractivity contribution in [3.8, 4) is 11.5 Å². The van der Waals surface area contributed by atoms with Crippen molar-refractivity contribution in [2.45, 2.75) is 12.6 Å². The van der Waals surface area contributed by atoms with E-state index in [4.69, 9.17) is 9.47 Å². The van der Waals surface area contributed by atoms with E-state index in [0.717, 1.165) is 0 Å². The predicted molar refractivity (Wildman–Crippen MR) is 101 cm³/mol. The largest absolute Gasteiger partial charge is 0.486 e. The molecule has 5 nitrogen and oxygen atoms in total. The number of carbonyl (C=O) groups excluding carboxylic acids is 1. The molecule has 0 saturated heterocycles. The van der Waals surface area contributed by atoms with Gasteiger partial charge < -0.3 is 14.8 Å². The lowest BCUT2D eigenvalue weighted by atomic mass is 10.2. The third-order valence-corrected chi connectivity index (χ3v) is 4.20. The van der Waals surface area contributed by atoms with E-state index in [-0.39, 0.29) is 24.4 Å². The lowest BCUT2D eigenvalue weighted by Crippen LogP contribution is -2.44. The molecule has 0 fully saturated rings. The molecule has 142 valence electrons. The first-order chi connectivity index (χ1) is 13.2. The zero-order valence-electron chi connectivity index (χ0n) is 15.1. The van der Waals surface area contributed by atoms with Crippen molar-refractivity contribution < 1.29 is 18.7 Å². The van der Waals surface area contributed by atoms with E-state index < -0.39 is 0 Å². The van der Waals surface area contributed by atoms with Crippen LogP contribution in [0.5, 0.6) is 11.5 Å². The second-order valence-corrected chi connectivity index (χ2v) is 6.35. The maximum Gasteiger partial charge on any atom is 0.234 e. The normalized spacial score (nSPS) is 15.4. The van der Waals surface area contributed by atoms with Crippen LogP contribution in [0.25, 0.3) is 0 Å². The van der Waals surface area contributed by atoms with Gasteiger partial charge in [-0.25, -0.2) is 4.39 Å². The molecule has 0 radical (unpaired) electrons. The van der Waals surface area contributed by atoms with Gasteiger partial charge in [-0.15, -0.1) is 6.58 Å². The van der Waals surface area contributed by atoms with E-state index in [1.54, 1.807) is 24.3 Å². The zero-order chi connectivity index (χ0) is 19.1. The maximum atomic E-state index is 13.9. The summed E-state index contributed by atoms with van der Waals surface area (Å²) in [6, 6.07) is 14.0. The van der Waals surface area contributed by atoms with Crippen LogP contribution in [0.1, 0.15) is 5.56 Å². The second kappa shape index (κ2) is 9.19. The number of benzene rings is 2. The minimum absolute atomic E-state index is 0.143. The quantitative estimate of drug-likeness (QED) is 0.726. The SMILES string of the molecule is C=CCN(CC(=O)NCC1COc2ccccc2O1)Cc1ccccc1F. The second-order valence-electron chi connectivity index (χ2n) is 6.35. The van der Waals surface area contributed by atoms with Crippen LogP contribution in [0.15, 0.2) is 61.2 Å². The van der Waals surface area contributed by atoms with Crippen molar-refractivity contribution >= 4 is 5.91 Å². The Morgan fingerprint density at radius 2 is 1.96 bits per heavy atom. The van der Waals surface area contributed by atoms with Gasteiger partial charge in [0.2, 0.25) is 5.91 Å². The van der Waals surface area contributed by atoms with E-state index in [1.165, 1.54) is 6.07 Å². The Bertz CT molecular complexity index is 797. The third-order valence-electron chi connectivity index (χ3n) is 4.20. The standard InChI is InChI=1S/C21H23FN2O3/c1-2-11-24(13-16-7-3-4-8-18(16)22)14-21(25)23-12-17-15-26-19-9-5-6-10-20(19)27-17/h2-10,17H,1,11-15H2,(H,23,25). The molecule has 0 bridgehead atoms. The topological polar surface area (TPSA) is 50.8 Å². The van der Waals surface area contributed by atoms with E-state index in [0.29, 0.717) is 43.3 Å². The summed E-state index contributed by atoms with van der Waals surface area (Å²) in [7, 11) is 0. The van der Waals surface area contributed by atoms with Gasteiger partial charge in [0, 0.05) is 18.7 Å². The van der Waals surface area contributed by atoms with Gasteiger partial charge in [-0.1, -0.05) is 36.4 Å². The summed E-state index contributed by atoms with van der Waals surface area (Å²) in [5.41, 5.74) is 0.549. The highest BCUT2D eigenvalue weighted by molar-refractivity contribution is 5.78. The predicted octanol–water partition coefficient (Wildman–Crippen LogP) is 2.77. The summed E-state index contributed by atoms with van der Waals surface area (Å²) in [5, 5.41) is 2.86. The van der Waals surface area contributed by atoms with Crippen LogP contribution in [0, 0.1) is 5.82 Å². The van der Waals surface area contributed by atoms with Crippen LogP contribution in [-0.2, 0) is 11.3 Å². The van der Waals surface area contributed by atoms with Crippen LogP contribution in [-0.4, -0.2) is 43.2 Å². The average molecular weight is 370 g/mol. The number of halogens is 1. The van der Waals surface area contributed by atoms with Gasteiger partial charge in [0.15, 0.2) is 11.5 Å². The summed E-state index contributed by atoms with van der Waals surface area (Å²) >= 11 is 0. The highest BCUT2D eigenvalue weighted by atomic mass is 19.1. The minimum atomic E-state index is -0.279. The molecule has 3 rings (SSSR count). The molecule has 27 heavy (non-hydrogen) atoms. The Labute approximate surface area is 158 Å². The number of hydrogen-bond acceptors (Lipinski definition) is 4.